The molecule has 0 saturated heterocycles. The van der Waals surface area contributed by atoms with Crippen LogP contribution in [0.1, 0.15) is 23.3 Å². The quantitative estimate of drug-likeness (QED) is 0.569. The molecule has 0 unspecified atom stereocenters. The van der Waals surface area contributed by atoms with E-state index in [9.17, 15) is 4.79 Å². The zero-order valence-electron chi connectivity index (χ0n) is 16.2. The minimum atomic E-state index is -0.00471. The molecule has 1 aliphatic carbocycles. The highest BCUT2D eigenvalue weighted by molar-refractivity contribution is 7.19. The number of nitrogens with zero attached hydrogens (tertiary/aromatic N) is 3. The molecule has 8 heteroatoms. The van der Waals surface area contributed by atoms with E-state index in [1.165, 1.54) is 16.9 Å². The third kappa shape index (κ3) is 3.90. The first-order valence-electron chi connectivity index (χ1n) is 9.50. The standard InChI is InChI=1S/C20H24N4O2S2/c1-24(12-16(25)21-9-5-10-26-2)19-17-13-6-3-7-14(13)28-20(17)23-18(22-19)15-8-4-11-27-15/h4,8,11H,3,5-7,9-10,12H2,1-2H3,(H,21,25). The van der Waals surface area contributed by atoms with Crippen molar-refractivity contribution in [1.82, 2.24) is 15.3 Å². The van der Waals surface area contributed by atoms with Gasteiger partial charge >= 0.3 is 0 Å². The molecule has 3 heterocycles. The molecule has 0 aromatic carbocycles. The van der Waals surface area contributed by atoms with Crippen LogP contribution in [-0.2, 0) is 22.4 Å². The van der Waals surface area contributed by atoms with E-state index in [2.05, 4.69) is 5.32 Å². The smallest absolute Gasteiger partial charge is 0.239 e. The highest BCUT2D eigenvalue weighted by Gasteiger charge is 2.25. The van der Waals surface area contributed by atoms with Crippen molar-refractivity contribution >= 4 is 44.6 Å². The van der Waals surface area contributed by atoms with Crippen LogP contribution in [0, 0.1) is 0 Å². The van der Waals surface area contributed by atoms with Crippen LogP contribution in [0.15, 0.2) is 17.5 Å². The molecule has 4 rings (SSSR count). The van der Waals surface area contributed by atoms with Crippen LogP contribution in [-0.4, -0.2) is 49.7 Å². The van der Waals surface area contributed by atoms with Gasteiger partial charge in [-0.15, -0.1) is 22.7 Å². The molecule has 3 aromatic rings. The predicted octanol–water partition coefficient (Wildman–Crippen LogP) is 3.50. The molecule has 0 atom stereocenters. The van der Waals surface area contributed by atoms with Gasteiger partial charge in [0.1, 0.15) is 10.6 Å². The summed E-state index contributed by atoms with van der Waals surface area (Å²) in [6.07, 6.45) is 4.19. The number of amides is 1. The maximum atomic E-state index is 12.4. The van der Waals surface area contributed by atoms with Gasteiger partial charge in [-0.25, -0.2) is 9.97 Å². The number of fused-ring (bicyclic) bond motifs is 3. The Morgan fingerprint density at radius 3 is 3.04 bits per heavy atom. The lowest BCUT2D eigenvalue weighted by Gasteiger charge is -2.20. The largest absolute Gasteiger partial charge is 0.385 e. The van der Waals surface area contributed by atoms with Crippen molar-refractivity contribution in [1.29, 1.82) is 0 Å². The Kier molecular flexibility index (Phi) is 5.89. The van der Waals surface area contributed by atoms with E-state index >= 15 is 0 Å². The van der Waals surface area contributed by atoms with Gasteiger partial charge in [0.05, 0.1) is 16.8 Å². The van der Waals surface area contributed by atoms with Crippen molar-refractivity contribution in [3.05, 3.63) is 28.0 Å². The number of nitrogens with one attached hydrogen (secondary N) is 1. The Morgan fingerprint density at radius 1 is 1.36 bits per heavy atom. The number of ether oxygens (including phenoxy) is 1. The number of hydrogen-bond acceptors (Lipinski definition) is 7. The van der Waals surface area contributed by atoms with Crippen molar-refractivity contribution in [2.24, 2.45) is 0 Å². The molecule has 0 aliphatic heterocycles. The number of rotatable bonds is 8. The molecule has 0 fully saturated rings. The summed E-state index contributed by atoms with van der Waals surface area (Å²) in [7, 11) is 3.61. The summed E-state index contributed by atoms with van der Waals surface area (Å²) < 4.78 is 5.03. The topological polar surface area (TPSA) is 67.3 Å². The zero-order valence-corrected chi connectivity index (χ0v) is 17.8. The summed E-state index contributed by atoms with van der Waals surface area (Å²) in [5.41, 5.74) is 1.38. The Labute approximate surface area is 172 Å². The van der Waals surface area contributed by atoms with Gasteiger partial charge in [0.25, 0.3) is 0 Å². The van der Waals surface area contributed by atoms with E-state index in [-0.39, 0.29) is 12.5 Å². The van der Waals surface area contributed by atoms with Gasteiger partial charge in [-0.3, -0.25) is 4.79 Å². The van der Waals surface area contributed by atoms with Gasteiger partial charge in [0.2, 0.25) is 5.91 Å². The van der Waals surface area contributed by atoms with Gasteiger partial charge in [0.15, 0.2) is 5.82 Å². The average Bonchev–Trinajstić information content (AvgIpc) is 3.41. The maximum absolute atomic E-state index is 12.4. The number of thiophene rings is 2. The van der Waals surface area contributed by atoms with Gasteiger partial charge in [-0.2, -0.15) is 0 Å². The van der Waals surface area contributed by atoms with E-state index in [1.54, 1.807) is 29.8 Å². The van der Waals surface area contributed by atoms with Gasteiger partial charge in [0, 0.05) is 32.2 Å². The van der Waals surface area contributed by atoms with Crippen LogP contribution in [0.2, 0.25) is 0 Å². The monoisotopic (exact) mass is 416 g/mol. The van der Waals surface area contributed by atoms with Crippen molar-refractivity contribution in [3.63, 3.8) is 0 Å². The molecule has 0 spiro atoms. The normalized spacial score (nSPS) is 13.1. The number of aryl methyl sites for hydroxylation is 2. The van der Waals surface area contributed by atoms with Gasteiger partial charge in [-0.1, -0.05) is 6.07 Å². The number of anilines is 1. The fourth-order valence-electron chi connectivity index (χ4n) is 3.56. The molecule has 148 valence electrons. The molecule has 1 amide bonds. The number of carbonyl (C=O) groups is 1. The summed E-state index contributed by atoms with van der Waals surface area (Å²) in [6.45, 7) is 1.54. The lowest BCUT2D eigenvalue weighted by Crippen LogP contribution is -2.36. The second kappa shape index (κ2) is 8.55. The molecule has 28 heavy (non-hydrogen) atoms. The highest BCUT2D eigenvalue weighted by atomic mass is 32.1. The molecular formula is C20H24N4O2S2. The lowest BCUT2D eigenvalue weighted by atomic mass is 10.2. The summed E-state index contributed by atoms with van der Waals surface area (Å²) in [4.78, 5) is 27.6. The van der Waals surface area contributed by atoms with Crippen molar-refractivity contribution < 1.29 is 9.53 Å². The minimum Gasteiger partial charge on any atom is -0.385 e. The third-order valence-electron chi connectivity index (χ3n) is 4.88. The Balaban J connectivity index is 1.63. The van der Waals surface area contributed by atoms with E-state index < -0.39 is 0 Å². The Bertz CT molecular complexity index is 968. The summed E-state index contributed by atoms with van der Waals surface area (Å²) in [6, 6.07) is 4.05. The second-order valence-corrected chi connectivity index (χ2v) is 8.97. The molecule has 1 aliphatic rings. The summed E-state index contributed by atoms with van der Waals surface area (Å²) in [5, 5.41) is 6.12. The number of methoxy groups -OCH3 is 1. The van der Waals surface area contributed by atoms with Crippen LogP contribution in [0.25, 0.3) is 20.9 Å². The molecule has 1 N–H and O–H groups in total. The molecule has 0 saturated carbocycles. The Hall–Kier alpha value is -2.03. The average molecular weight is 417 g/mol. The van der Waals surface area contributed by atoms with E-state index in [0.717, 1.165) is 46.0 Å². The van der Waals surface area contributed by atoms with Crippen molar-refractivity contribution in [3.8, 4) is 10.7 Å². The van der Waals surface area contributed by atoms with E-state index in [4.69, 9.17) is 14.7 Å². The van der Waals surface area contributed by atoms with Crippen LogP contribution in [0.5, 0.6) is 0 Å². The Morgan fingerprint density at radius 2 is 2.25 bits per heavy atom. The third-order valence-corrected chi connectivity index (χ3v) is 6.93. The van der Waals surface area contributed by atoms with Crippen molar-refractivity contribution in [2.75, 3.05) is 38.8 Å². The van der Waals surface area contributed by atoms with E-state index in [0.29, 0.717) is 13.2 Å². The van der Waals surface area contributed by atoms with Crippen LogP contribution in [0.3, 0.4) is 0 Å². The SMILES string of the molecule is COCCCNC(=O)CN(C)c1nc(-c2cccs2)nc2sc3c(c12)CCC3. The number of aromatic nitrogens is 2. The fourth-order valence-corrected chi connectivity index (χ4v) is 5.47. The first kappa shape index (κ1) is 19.3. The fraction of sp³-hybridized carbons (Fsp3) is 0.450. The zero-order chi connectivity index (χ0) is 19.5. The van der Waals surface area contributed by atoms with Gasteiger partial charge in [-0.05, 0) is 42.7 Å². The van der Waals surface area contributed by atoms with E-state index in [1.807, 2.05) is 29.5 Å². The first-order chi connectivity index (χ1) is 13.7. The molecule has 6 nitrogen and oxygen atoms in total. The number of carbonyl (C=O) groups excluding carboxylic acids is 1. The minimum absolute atomic E-state index is 0.00471. The predicted molar refractivity (Wildman–Crippen MR) is 116 cm³/mol. The molecule has 0 bridgehead atoms. The molecule has 0 radical (unpaired) electrons. The number of hydrogen-bond donors (Lipinski definition) is 1. The molecular weight excluding hydrogens is 392 g/mol. The van der Waals surface area contributed by atoms with Crippen LogP contribution in [0.4, 0.5) is 5.82 Å². The van der Waals surface area contributed by atoms with Crippen LogP contribution >= 0.6 is 22.7 Å². The second-order valence-electron chi connectivity index (χ2n) is 6.94. The summed E-state index contributed by atoms with van der Waals surface area (Å²) in [5.74, 6) is 1.60. The van der Waals surface area contributed by atoms with Gasteiger partial charge < -0.3 is 15.0 Å². The number of likely N-dealkylation sites (N-methyl/N-ethyl adjacent to an activating group) is 1. The first-order valence-corrected chi connectivity index (χ1v) is 11.2. The lowest BCUT2D eigenvalue weighted by molar-refractivity contribution is -0.119. The highest BCUT2D eigenvalue weighted by Crippen LogP contribution is 2.41. The van der Waals surface area contributed by atoms with Crippen LogP contribution < -0.4 is 10.2 Å². The van der Waals surface area contributed by atoms with Crippen molar-refractivity contribution in [2.45, 2.75) is 25.7 Å². The maximum Gasteiger partial charge on any atom is 0.239 e. The summed E-state index contributed by atoms with van der Waals surface area (Å²) >= 11 is 3.42. The molecule has 3 aromatic heterocycles.